The summed E-state index contributed by atoms with van der Waals surface area (Å²) in [5, 5.41) is 6.40. The third-order valence-corrected chi connectivity index (χ3v) is 6.73. The number of fused-ring (bicyclic) bond motifs is 1. The molecule has 1 aromatic heterocycles. The Morgan fingerprint density at radius 2 is 1.94 bits per heavy atom. The molecule has 1 aromatic carbocycles. The maximum atomic E-state index is 14.3. The Kier molecular flexibility index (Phi) is 8.93. The van der Waals surface area contributed by atoms with Crippen LogP contribution >= 0.6 is 0 Å². The molecule has 0 aliphatic heterocycles. The molecule has 8 heteroatoms. The fraction of sp³-hybridized carbons (Fsp3) is 0.643. The lowest BCUT2D eigenvalue weighted by atomic mass is 9.87. The van der Waals surface area contributed by atoms with Crippen molar-refractivity contribution in [3.8, 4) is 0 Å². The number of nitrogens with zero attached hydrogens (tertiary/aromatic N) is 3. The number of anilines is 1. The molecule has 1 aliphatic rings. The van der Waals surface area contributed by atoms with Gasteiger partial charge in [-0.2, -0.15) is 0 Å². The number of nitrogens with one attached hydrogen (secondary N) is 2. The van der Waals surface area contributed by atoms with Crippen molar-refractivity contribution in [2.75, 3.05) is 25.5 Å². The van der Waals surface area contributed by atoms with Gasteiger partial charge >= 0.3 is 0 Å². The summed E-state index contributed by atoms with van der Waals surface area (Å²) < 4.78 is 29.9. The van der Waals surface area contributed by atoms with Crippen LogP contribution in [0.3, 0.4) is 0 Å². The summed E-state index contributed by atoms with van der Waals surface area (Å²) in [4.78, 5) is 19.9. The van der Waals surface area contributed by atoms with E-state index in [0.717, 1.165) is 37.6 Å². The van der Waals surface area contributed by atoms with Crippen molar-refractivity contribution in [1.82, 2.24) is 19.8 Å². The topological polar surface area (TPSA) is 62.2 Å². The van der Waals surface area contributed by atoms with Crippen LogP contribution in [0.5, 0.6) is 0 Å². The van der Waals surface area contributed by atoms with Gasteiger partial charge in [-0.3, -0.25) is 4.79 Å². The zero-order valence-electron chi connectivity index (χ0n) is 22.9. The van der Waals surface area contributed by atoms with Crippen LogP contribution < -0.4 is 10.6 Å². The maximum Gasteiger partial charge on any atom is 0.242 e. The molecule has 0 bridgehead atoms. The zero-order valence-corrected chi connectivity index (χ0v) is 22.9. The summed E-state index contributed by atoms with van der Waals surface area (Å²) in [6.45, 7) is 14.9. The molecule has 1 amide bonds. The first kappa shape index (κ1) is 28.3. The van der Waals surface area contributed by atoms with Gasteiger partial charge in [-0.05, 0) is 69.2 Å². The van der Waals surface area contributed by atoms with Crippen LogP contribution in [0.25, 0.3) is 0 Å². The van der Waals surface area contributed by atoms with Crippen LogP contribution in [-0.2, 0) is 23.2 Å². The smallest absolute Gasteiger partial charge is 0.242 e. The summed E-state index contributed by atoms with van der Waals surface area (Å²) in [6, 6.07) is 1.90. The Balaban J connectivity index is 1.63. The molecule has 0 unspecified atom stereocenters. The van der Waals surface area contributed by atoms with Crippen LogP contribution in [0.2, 0.25) is 0 Å². The van der Waals surface area contributed by atoms with Crippen molar-refractivity contribution in [2.45, 2.75) is 91.3 Å². The highest BCUT2D eigenvalue weighted by atomic mass is 19.1. The van der Waals surface area contributed by atoms with Gasteiger partial charge in [0.25, 0.3) is 0 Å². The Hall–Kier alpha value is -2.32. The largest absolute Gasteiger partial charge is 0.328 e. The molecule has 0 fully saturated rings. The monoisotopic (exact) mass is 503 g/mol. The number of imidazole rings is 1. The van der Waals surface area contributed by atoms with Gasteiger partial charge in [0.05, 0.1) is 17.9 Å². The standard InChI is InChI=1S/C28H43F2N5O/c1-8-9-24(32-21-11-10-19-12-20(29)13-23(30)22(19)14-21)26(36)33-25-15-35(18-31-25)28(5,6)17-34(7)16-27(2,3)4/h12-13,15,18,21,24,32H,8-11,14,16-17H2,1-7H3,(H,33,36)/t21-,24-/m0/s1. The Morgan fingerprint density at radius 1 is 1.22 bits per heavy atom. The van der Waals surface area contributed by atoms with E-state index in [-0.39, 0.29) is 22.9 Å². The summed E-state index contributed by atoms with van der Waals surface area (Å²) in [6.07, 6.45) is 6.90. The number of hydrogen-bond acceptors (Lipinski definition) is 4. The van der Waals surface area contributed by atoms with Crippen molar-refractivity contribution in [3.05, 3.63) is 47.4 Å². The molecular weight excluding hydrogens is 460 g/mol. The number of aromatic nitrogens is 2. The first-order valence-corrected chi connectivity index (χ1v) is 13.0. The molecule has 2 atom stereocenters. The highest BCUT2D eigenvalue weighted by Crippen LogP contribution is 2.26. The van der Waals surface area contributed by atoms with Crippen LogP contribution in [0.1, 0.15) is 71.9 Å². The molecule has 0 saturated heterocycles. The average Bonchev–Trinajstić information content (AvgIpc) is 3.21. The molecule has 36 heavy (non-hydrogen) atoms. The predicted molar refractivity (Wildman–Crippen MR) is 141 cm³/mol. The van der Waals surface area contributed by atoms with Gasteiger partial charge in [0, 0.05) is 31.4 Å². The molecule has 3 rings (SSSR count). The number of likely N-dealkylation sites (N-methyl/N-ethyl adjacent to an activating group) is 1. The minimum atomic E-state index is -0.538. The molecule has 0 radical (unpaired) electrons. The van der Waals surface area contributed by atoms with E-state index in [1.807, 2.05) is 17.7 Å². The quantitative estimate of drug-likeness (QED) is 0.472. The molecule has 1 aliphatic carbocycles. The summed E-state index contributed by atoms with van der Waals surface area (Å²) in [5.74, 6) is -0.668. The molecule has 0 saturated carbocycles. The van der Waals surface area contributed by atoms with Gasteiger partial charge in [-0.1, -0.05) is 34.1 Å². The molecule has 1 heterocycles. The molecular formula is C28H43F2N5O. The highest BCUT2D eigenvalue weighted by molar-refractivity contribution is 5.94. The van der Waals surface area contributed by atoms with E-state index in [1.54, 1.807) is 6.33 Å². The number of aryl methyl sites for hydroxylation is 1. The van der Waals surface area contributed by atoms with E-state index < -0.39 is 17.7 Å². The Bertz CT molecular complexity index is 1040. The molecule has 2 aromatic rings. The SMILES string of the molecule is CCC[C@H](N[C@H]1CCc2cc(F)cc(F)c2C1)C(=O)Nc1cn(C(C)(C)CN(C)CC(C)(C)C)cn1. The van der Waals surface area contributed by atoms with Crippen molar-refractivity contribution in [1.29, 1.82) is 0 Å². The Labute approximate surface area is 214 Å². The zero-order chi connectivity index (χ0) is 26.7. The summed E-state index contributed by atoms with van der Waals surface area (Å²) in [7, 11) is 2.12. The highest BCUT2D eigenvalue weighted by Gasteiger charge is 2.28. The summed E-state index contributed by atoms with van der Waals surface area (Å²) >= 11 is 0. The number of amides is 1. The number of carbonyl (C=O) groups excluding carboxylic acids is 1. The van der Waals surface area contributed by atoms with E-state index >= 15 is 0 Å². The van der Waals surface area contributed by atoms with Crippen LogP contribution in [0.4, 0.5) is 14.6 Å². The van der Waals surface area contributed by atoms with Crippen LogP contribution in [0, 0.1) is 17.0 Å². The van der Waals surface area contributed by atoms with Crippen molar-refractivity contribution < 1.29 is 13.6 Å². The van der Waals surface area contributed by atoms with Crippen LogP contribution in [0.15, 0.2) is 24.7 Å². The predicted octanol–water partition coefficient (Wildman–Crippen LogP) is 5.13. The number of halogens is 2. The first-order valence-electron chi connectivity index (χ1n) is 13.0. The van der Waals surface area contributed by atoms with Crippen molar-refractivity contribution in [3.63, 3.8) is 0 Å². The van der Waals surface area contributed by atoms with Crippen molar-refractivity contribution >= 4 is 11.7 Å². The van der Waals surface area contributed by atoms with E-state index in [1.165, 1.54) is 6.07 Å². The van der Waals surface area contributed by atoms with E-state index in [9.17, 15) is 13.6 Å². The Morgan fingerprint density at radius 3 is 2.61 bits per heavy atom. The van der Waals surface area contributed by atoms with E-state index in [2.05, 4.69) is 62.2 Å². The fourth-order valence-electron chi connectivity index (χ4n) is 5.33. The summed E-state index contributed by atoms with van der Waals surface area (Å²) in [5.41, 5.74) is 1.29. The van der Waals surface area contributed by atoms with Gasteiger partial charge in [-0.15, -0.1) is 0 Å². The second-order valence-corrected chi connectivity index (χ2v) is 12.2. The number of rotatable bonds is 10. The third kappa shape index (κ3) is 7.59. The van der Waals surface area contributed by atoms with Gasteiger partial charge in [0.2, 0.25) is 5.91 Å². The molecule has 6 nitrogen and oxygen atoms in total. The molecule has 0 spiro atoms. The van der Waals surface area contributed by atoms with Gasteiger partial charge in [-0.25, -0.2) is 13.8 Å². The fourth-order valence-corrected chi connectivity index (χ4v) is 5.33. The second-order valence-electron chi connectivity index (χ2n) is 12.2. The van der Waals surface area contributed by atoms with Crippen molar-refractivity contribution in [2.24, 2.45) is 5.41 Å². The van der Waals surface area contributed by atoms with E-state index in [4.69, 9.17) is 0 Å². The molecule has 2 N–H and O–H groups in total. The number of benzene rings is 1. The lowest BCUT2D eigenvalue weighted by molar-refractivity contribution is -0.118. The second kappa shape index (κ2) is 11.4. The minimum Gasteiger partial charge on any atom is -0.328 e. The lowest BCUT2D eigenvalue weighted by Crippen LogP contribution is -2.48. The van der Waals surface area contributed by atoms with Gasteiger partial charge in [0.15, 0.2) is 5.82 Å². The average molecular weight is 504 g/mol. The minimum absolute atomic E-state index is 0.0467. The third-order valence-electron chi connectivity index (χ3n) is 6.73. The molecule has 200 valence electrons. The first-order chi connectivity index (χ1) is 16.8. The number of carbonyl (C=O) groups is 1. The maximum absolute atomic E-state index is 14.3. The van der Waals surface area contributed by atoms with Gasteiger partial charge in [0.1, 0.15) is 11.6 Å². The number of hydrogen-bond donors (Lipinski definition) is 2. The normalized spacial score (nSPS) is 17.2. The van der Waals surface area contributed by atoms with Gasteiger partial charge < -0.3 is 20.1 Å². The van der Waals surface area contributed by atoms with E-state index in [0.29, 0.717) is 30.6 Å². The van der Waals surface area contributed by atoms with Crippen LogP contribution in [-0.4, -0.2) is 52.6 Å². The lowest BCUT2D eigenvalue weighted by Gasteiger charge is -2.34.